The minimum absolute atomic E-state index is 0.151. The molecular weight excluding hydrogens is 364 g/mol. The fourth-order valence-corrected chi connectivity index (χ4v) is 5.38. The van der Waals surface area contributed by atoms with Crippen LogP contribution in [0.2, 0.25) is 5.02 Å². The molecule has 2 N–H and O–H groups in total. The molecule has 0 fully saturated rings. The van der Waals surface area contributed by atoms with Crippen molar-refractivity contribution in [2.45, 2.75) is 43.7 Å². The highest BCUT2D eigenvalue weighted by Gasteiger charge is 2.45. The molecule has 0 radical (unpaired) electrons. The van der Waals surface area contributed by atoms with E-state index in [-0.39, 0.29) is 10.6 Å². The van der Waals surface area contributed by atoms with Crippen LogP contribution in [0.5, 0.6) is 0 Å². The normalized spacial score (nSPS) is 22.9. The van der Waals surface area contributed by atoms with E-state index in [9.17, 15) is 13.6 Å². The van der Waals surface area contributed by atoms with E-state index < -0.39 is 22.1 Å². The molecule has 2 aromatic rings. The summed E-state index contributed by atoms with van der Waals surface area (Å²) in [6, 6.07) is 5.07. The van der Waals surface area contributed by atoms with Crippen LogP contribution in [0.25, 0.3) is 0 Å². The van der Waals surface area contributed by atoms with Gasteiger partial charge in [0, 0.05) is 10.6 Å². The van der Waals surface area contributed by atoms with Gasteiger partial charge in [-0.1, -0.05) is 30.6 Å². The van der Waals surface area contributed by atoms with Gasteiger partial charge in [0.1, 0.15) is 5.71 Å². The van der Waals surface area contributed by atoms with Gasteiger partial charge >= 0.3 is 0 Å². The number of oxime groups is 1. The fraction of sp³-hybridized carbons (Fsp3) is 0.375. The van der Waals surface area contributed by atoms with Gasteiger partial charge in [0.05, 0.1) is 28.9 Å². The van der Waals surface area contributed by atoms with Gasteiger partial charge in [0.15, 0.2) is 0 Å². The van der Waals surface area contributed by atoms with E-state index in [0.717, 1.165) is 0 Å². The van der Waals surface area contributed by atoms with Gasteiger partial charge in [0.2, 0.25) is 10.0 Å². The summed E-state index contributed by atoms with van der Waals surface area (Å²) in [5.41, 5.74) is 1.57. The Kier molecular flexibility index (Phi) is 4.86. The van der Waals surface area contributed by atoms with Crippen LogP contribution in [-0.4, -0.2) is 39.9 Å². The third-order valence-corrected chi connectivity index (χ3v) is 6.67. The number of fused-ring (bicyclic) bond motifs is 1. The van der Waals surface area contributed by atoms with Crippen LogP contribution >= 0.6 is 11.6 Å². The van der Waals surface area contributed by atoms with E-state index in [2.05, 4.69) is 15.4 Å². The summed E-state index contributed by atoms with van der Waals surface area (Å²) in [4.78, 5) is 0.151. The van der Waals surface area contributed by atoms with E-state index in [1.54, 1.807) is 18.3 Å². The van der Waals surface area contributed by atoms with Gasteiger partial charge < -0.3 is 5.21 Å². The lowest BCUT2D eigenvalue weighted by atomic mass is 9.92. The molecule has 2 atom stereocenters. The molecular formula is C16H19ClN4O3S. The quantitative estimate of drug-likeness (QED) is 0.626. The maximum Gasteiger partial charge on any atom is 0.244 e. The highest BCUT2D eigenvalue weighted by molar-refractivity contribution is 7.89. The molecule has 1 aliphatic heterocycles. The van der Waals surface area contributed by atoms with Crippen LogP contribution in [0.3, 0.4) is 0 Å². The standard InChI is InChI=1S/C16H19ClN4O3S/c1-3-13-12-9-18-19-15(12)16(20-22)14(4-2)21(13)25(23,24)11-7-5-10(17)6-8-11/h5-9,13-14,22H,3-4H2,1-2H3,(H,18,19)/b20-16+. The number of nitrogens with one attached hydrogen (secondary N) is 1. The van der Waals surface area contributed by atoms with E-state index >= 15 is 0 Å². The van der Waals surface area contributed by atoms with Crippen molar-refractivity contribution in [2.24, 2.45) is 5.16 Å². The van der Waals surface area contributed by atoms with Crippen molar-refractivity contribution in [3.05, 3.63) is 46.7 Å². The topological polar surface area (TPSA) is 98.7 Å². The first-order valence-corrected chi connectivity index (χ1v) is 9.82. The Hall–Kier alpha value is -1.90. The number of halogens is 1. The first kappa shape index (κ1) is 17.9. The molecule has 0 amide bonds. The Labute approximate surface area is 151 Å². The maximum absolute atomic E-state index is 13.3. The van der Waals surface area contributed by atoms with Crippen molar-refractivity contribution >= 4 is 27.3 Å². The van der Waals surface area contributed by atoms with Crippen molar-refractivity contribution < 1.29 is 13.6 Å². The second-order valence-corrected chi connectivity index (χ2v) is 8.10. The summed E-state index contributed by atoms with van der Waals surface area (Å²) in [7, 11) is -3.82. The van der Waals surface area contributed by atoms with Crippen LogP contribution in [0, 0.1) is 0 Å². The van der Waals surface area contributed by atoms with Crippen molar-refractivity contribution in [2.75, 3.05) is 0 Å². The number of aromatic amines is 1. The molecule has 1 aliphatic rings. The number of sulfonamides is 1. The van der Waals surface area contributed by atoms with Gasteiger partial charge in [0.25, 0.3) is 0 Å². The number of rotatable bonds is 4. The number of hydrogen-bond acceptors (Lipinski definition) is 5. The number of hydrogen-bond donors (Lipinski definition) is 2. The molecule has 1 aromatic heterocycles. The van der Waals surface area contributed by atoms with Crippen molar-refractivity contribution in [3.8, 4) is 0 Å². The number of nitrogens with zero attached hydrogens (tertiary/aromatic N) is 3. The summed E-state index contributed by atoms with van der Waals surface area (Å²) < 4.78 is 28.1. The molecule has 25 heavy (non-hydrogen) atoms. The second-order valence-electron chi connectivity index (χ2n) is 5.82. The molecule has 0 spiro atoms. The van der Waals surface area contributed by atoms with Gasteiger partial charge in [-0.05, 0) is 37.1 Å². The summed E-state index contributed by atoms with van der Waals surface area (Å²) in [6.45, 7) is 3.77. The average Bonchev–Trinajstić information content (AvgIpc) is 3.09. The van der Waals surface area contributed by atoms with Crippen molar-refractivity contribution in [3.63, 3.8) is 0 Å². The summed E-state index contributed by atoms with van der Waals surface area (Å²) >= 11 is 5.88. The van der Waals surface area contributed by atoms with E-state index in [1.165, 1.54) is 16.4 Å². The number of H-pyrrole nitrogens is 1. The maximum atomic E-state index is 13.3. The zero-order chi connectivity index (χ0) is 18.2. The average molecular weight is 383 g/mol. The lowest BCUT2D eigenvalue weighted by Crippen LogP contribution is -2.50. The molecule has 134 valence electrons. The molecule has 0 bridgehead atoms. The predicted molar refractivity (Wildman–Crippen MR) is 94.5 cm³/mol. The Morgan fingerprint density at radius 3 is 2.44 bits per heavy atom. The van der Waals surface area contributed by atoms with Crippen molar-refractivity contribution in [1.82, 2.24) is 14.5 Å². The monoisotopic (exact) mass is 382 g/mol. The lowest BCUT2D eigenvalue weighted by molar-refractivity contribution is 0.260. The van der Waals surface area contributed by atoms with Crippen LogP contribution in [0.1, 0.15) is 44.0 Å². The predicted octanol–water partition coefficient (Wildman–Crippen LogP) is 3.18. The smallest absolute Gasteiger partial charge is 0.244 e. The van der Waals surface area contributed by atoms with Crippen LogP contribution in [-0.2, 0) is 10.0 Å². The molecule has 0 aliphatic carbocycles. The molecule has 0 saturated carbocycles. The molecule has 2 unspecified atom stereocenters. The van der Waals surface area contributed by atoms with Crippen molar-refractivity contribution in [1.29, 1.82) is 0 Å². The number of benzene rings is 1. The van der Waals surface area contributed by atoms with E-state index in [1.807, 2.05) is 13.8 Å². The summed E-state index contributed by atoms with van der Waals surface area (Å²) in [5, 5.41) is 20.2. The molecule has 3 rings (SSSR count). The zero-order valence-corrected chi connectivity index (χ0v) is 15.4. The second kappa shape index (κ2) is 6.78. The fourth-order valence-electron chi connectivity index (χ4n) is 3.35. The van der Waals surface area contributed by atoms with E-state index in [4.69, 9.17) is 11.6 Å². The molecule has 2 heterocycles. The van der Waals surface area contributed by atoms with E-state index in [0.29, 0.717) is 29.1 Å². The molecule has 9 heteroatoms. The molecule has 7 nitrogen and oxygen atoms in total. The van der Waals surface area contributed by atoms with Gasteiger partial charge in [-0.25, -0.2) is 8.42 Å². The van der Waals surface area contributed by atoms with Crippen LogP contribution < -0.4 is 0 Å². The summed E-state index contributed by atoms with van der Waals surface area (Å²) in [6.07, 6.45) is 2.61. The molecule has 1 aromatic carbocycles. The first-order valence-electron chi connectivity index (χ1n) is 8.00. The largest absolute Gasteiger partial charge is 0.411 e. The molecule has 0 saturated heterocycles. The summed E-state index contributed by atoms with van der Waals surface area (Å²) in [5.74, 6) is 0. The van der Waals surface area contributed by atoms with Crippen LogP contribution in [0.4, 0.5) is 0 Å². The van der Waals surface area contributed by atoms with Gasteiger partial charge in [-0.15, -0.1) is 0 Å². The van der Waals surface area contributed by atoms with Crippen LogP contribution in [0.15, 0.2) is 40.5 Å². The first-order chi connectivity index (χ1) is 12.0. The Bertz CT molecular complexity index is 892. The number of aromatic nitrogens is 2. The SMILES string of the molecule is CCC1/C(=N\O)c2[nH]ncc2C(CC)N1S(=O)(=O)c1ccc(Cl)cc1. The Morgan fingerprint density at radius 2 is 1.88 bits per heavy atom. The Balaban J connectivity index is 2.20. The minimum atomic E-state index is -3.82. The lowest BCUT2D eigenvalue weighted by Gasteiger charge is -2.40. The minimum Gasteiger partial charge on any atom is -0.411 e. The third-order valence-electron chi connectivity index (χ3n) is 4.48. The highest BCUT2D eigenvalue weighted by atomic mass is 35.5. The van der Waals surface area contributed by atoms with Gasteiger partial charge in [-0.3, -0.25) is 5.10 Å². The highest BCUT2D eigenvalue weighted by Crippen LogP contribution is 2.39. The third kappa shape index (κ3) is 2.84. The Morgan fingerprint density at radius 1 is 1.24 bits per heavy atom. The zero-order valence-electron chi connectivity index (χ0n) is 13.8. The van der Waals surface area contributed by atoms with Gasteiger partial charge in [-0.2, -0.15) is 9.40 Å².